The Morgan fingerprint density at radius 2 is 2.00 bits per heavy atom. The molecule has 1 N–H and O–H groups in total. The maximum atomic E-state index is 13.4. The third-order valence-electron chi connectivity index (χ3n) is 2.75. The molecule has 0 spiro atoms. The first-order valence-electron chi connectivity index (χ1n) is 6.50. The highest BCUT2D eigenvalue weighted by Crippen LogP contribution is 2.27. The second kappa shape index (κ2) is 7.04. The number of hydrogen-bond acceptors (Lipinski definition) is 2. The topological polar surface area (TPSA) is 21.3 Å². The third-order valence-corrected chi connectivity index (χ3v) is 3.42. The van der Waals surface area contributed by atoms with Gasteiger partial charge in [0.15, 0.2) is 0 Å². The van der Waals surface area contributed by atoms with Crippen molar-refractivity contribution in [3.63, 3.8) is 0 Å². The van der Waals surface area contributed by atoms with Crippen LogP contribution in [-0.2, 0) is 6.54 Å². The molecule has 0 aliphatic carbocycles. The molecule has 106 valence electrons. The monoisotopic (exact) mass is 385 g/mol. The van der Waals surface area contributed by atoms with E-state index in [1.807, 2.05) is 24.3 Å². The van der Waals surface area contributed by atoms with Gasteiger partial charge in [-0.1, -0.05) is 19.9 Å². The minimum absolute atomic E-state index is 0.249. The molecule has 2 aromatic carbocycles. The van der Waals surface area contributed by atoms with Crippen molar-refractivity contribution in [2.45, 2.75) is 26.4 Å². The summed E-state index contributed by atoms with van der Waals surface area (Å²) in [6.45, 7) is 4.69. The SMILES string of the molecule is CC(C)NCc1cc(F)ccc1Oc1cccc(I)c1. The van der Waals surface area contributed by atoms with Gasteiger partial charge in [0, 0.05) is 21.7 Å². The second-order valence-electron chi connectivity index (χ2n) is 4.85. The van der Waals surface area contributed by atoms with E-state index in [-0.39, 0.29) is 5.82 Å². The molecule has 0 saturated carbocycles. The van der Waals surface area contributed by atoms with E-state index in [9.17, 15) is 4.39 Å². The Morgan fingerprint density at radius 1 is 1.20 bits per heavy atom. The van der Waals surface area contributed by atoms with Crippen molar-refractivity contribution < 1.29 is 9.13 Å². The molecule has 2 rings (SSSR count). The average Bonchev–Trinajstić information content (AvgIpc) is 2.39. The van der Waals surface area contributed by atoms with Crippen LogP contribution in [0.25, 0.3) is 0 Å². The van der Waals surface area contributed by atoms with E-state index in [2.05, 4.69) is 41.8 Å². The zero-order valence-electron chi connectivity index (χ0n) is 11.5. The van der Waals surface area contributed by atoms with E-state index in [0.717, 1.165) is 14.9 Å². The van der Waals surface area contributed by atoms with Crippen molar-refractivity contribution in [2.24, 2.45) is 0 Å². The van der Waals surface area contributed by atoms with Crippen molar-refractivity contribution in [3.8, 4) is 11.5 Å². The Hall–Kier alpha value is -1.14. The first-order valence-corrected chi connectivity index (χ1v) is 7.57. The summed E-state index contributed by atoms with van der Waals surface area (Å²) in [5.41, 5.74) is 0.817. The van der Waals surface area contributed by atoms with Gasteiger partial charge in [0.05, 0.1) is 0 Å². The fourth-order valence-corrected chi connectivity index (χ4v) is 2.27. The van der Waals surface area contributed by atoms with Crippen LogP contribution in [0.5, 0.6) is 11.5 Å². The molecular weight excluding hydrogens is 368 g/mol. The number of nitrogens with one attached hydrogen (secondary N) is 1. The Bertz CT molecular complexity index is 586. The fourth-order valence-electron chi connectivity index (χ4n) is 1.76. The molecule has 0 saturated heterocycles. The average molecular weight is 385 g/mol. The predicted molar refractivity (Wildman–Crippen MR) is 87.6 cm³/mol. The maximum Gasteiger partial charge on any atom is 0.132 e. The Balaban J connectivity index is 2.21. The number of hydrogen-bond donors (Lipinski definition) is 1. The van der Waals surface area contributed by atoms with Gasteiger partial charge in [-0.05, 0) is 59.0 Å². The molecule has 2 aromatic rings. The molecule has 0 amide bonds. The van der Waals surface area contributed by atoms with Crippen molar-refractivity contribution >= 4 is 22.6 Å². The first kappa shape index (κ1) is 15.3. The van der Waals surface area contributed by atoms with Crippen molar-refractivity contribution in [1.82, 2.24) is 5.32 Å². The first-order chi connectivity index (χ1) is 9.54. The summed E-state index contributed by atoms with van der Waals surface area (Å²) >= 11 is 2.24. The van der Waals surface area contributed by atoms with Crippen molar-refractivity contribution in [3.05, 3.63) is 57.4 Å². The lowest BCUT2D eigenvalue weighted by Gasteiger charge is -2.14. The molecule has 0 bridgehead atoms. The van der Waals surface area contributed by atoms with E-state index in [1.165, 1.54) is 12.1 Å². The molecule has 4 heteroatoms. The molecule has 0 fully saturated rings. The molecular formula is C16H17FINO. The lowest BCUT2D eigenvalue weighted by molar-refractivity contribution is 0.466. The van der Waals surface area contributed by atoms with Crippen LogP contribution in [0.3, 0.4) is 0 Å². The zero-order valence-corrected chi connectivity index (χ0v) is 13.6. The number of ether oxygens (including phenoxy) is 1. The summed E-state index contributed by atoms with van der Waals surface area (Å²) in [7, 11) is 0. The van der Waals surface area contributed by atoms with Gasteiger partial charge in [-0.2, -0.15) is 0 Å². The summed E-state index contributed by atoms with van der Waals surface area (Å²) < 4.78 is 20.4. The number of halogens is 2. The molecule has 0 unspecified atom stereocenters. The number of benzene rings is 2. The van der Waals surface area contributed by atoms with E-state index in [4.69, 9.17) is 4.74 Å². The third kappa shape index (κ3) is 4.45. The van der Waals surface area contributed by atoms with Gasteiger partial charge in [-0.3, -0.25) is 0 Å². The van der Waals surface area contributed by atoms with Crippen LogP contribution < -0.4 is 10.1 Å². The molecule has 0 aliphatic rings. The van der Waals surface area contributed by atoms with Crippen LogP contribution in [0.15, 0.2) is 42.5 Å². The van der Waals surface area contributed by atoms with Crippen LogP contribution in [0, 0.1) is 9.39 Å². The smallest absolute Gasteiger partial charge is 0.132 e. The Kier molecular flexibility index (Phi) is 5.37. The minimum Gasteiger partial charge on any atom is -0.457 e. The molecule has 20 heavy (non-hydrogen) atoms. The van der Waals surface area contributed by atoms with Gasteiger partial charge < -0.3 is 10.1 Å². The van der Waals surface area contributed by atoms with E-state index >= 15 is 0 Å². The van der Waals surface area contributed by atoms with E-state index in [0.29, 0.717) is 18.3 Å². The van der Waals surface area contributed by atoms with Crippen LogP contribution >= 0.6 is 22.6 Å². The van der Waals surface area contributed by atoms with E-state index in [1.54, 1.807) is 6.07 Å². The van der Waals surface area contributed by atoms with Crippen LogP contribution in [0.4, 0.5) is 4.39 Å². The fraction of sp³-hybridized carbons (Fsp3) is 0.250. The normalized spacial score (nSPS) is 10.8. The molecule has 0 radical (unpaired) electrons. The molecule has 0 aromatic heterocycles. The van der Waals surface area contributed by atoms with Gasteiger partial charge in [0.1, 0.15) is 17.3 Å². The summed E-state index contributed by atoms with van der Waals surface area (Å²) in [5.74, 6) is 1.19. The summed E-state index contributed by atoms with van der Waals surface area (Å²) in [6.07, 6.45) is 0. The van der Waals surface area contributed by atoms with Crippen LogP contribution in [-0.4, -0.2) is 6.04 Å². The van der Waals surface area contributed by atoms with E-state index < -0.39 is 0 Å². The van der Waals surface area contributed by atoms with Crippen molar-refractivity contribution in [1.29, 1.82) is 0 Å². The lowest BCUT2D eigenvalue weighted by atomic mass is 10.2. The predicted octanol–water partition coefficient (Wildman–Crippen LogP) is 4.72. The van der Waals surface area contributed by atoms with Gasteiger partial charge in [0.25, 0.3) is 0 Å². The zero-order chi connectivity index (χ0) is 14.5. The van der Waals surface area contributed by atoms with Crippen LogP contribution in [0.1, 0.15) is 19.4 Å². The second-order valence-corrected chi connectivity index (χ2v) is 6.09. The minimum atomic E-state index is -0.249. The molecule has 2 nitrogen and oxygen atoms in total. The largest absolute Gasteiger partial charge is 0.457 e. The highest BCUT2D eigenvalue weighted by Gasteiger charge is 2.07. The standard InChI is InChI=1S/C16H17FINO/c1-11(2)19-10-12-8-13(17)6-7-16(12)20-15-5-3-4-14(18)9-15/h3-9,11,19H,10H2,1-2H3. The molecule has 0 aliphatic heterocycles. The van der Waals surface area contributed by atoms with Gasteiger partial charge in [0.2, 0.25) is 0 Å². The highest BCUT2D eigenvalue weighted by molar-refractivity contribution is 14.1. The summed E-state index contributed by atoms with van der Waals surface area (Å²) in [6, 6.07) is 12.7. The highest BCUT2D eigenvalue weighted by atomic mass is 127. The maximum absolute atomic E-state index is 13.4. The molecule has 0 heterocycles. The van der Waals surface area contributed by atoms with Crippen LogP contribution in [0.2, 0.25) is 0 Å². The summed E-state index contributed by atoms with van der Waals surface area (Å²) in [5, 5.41) is 3.28. The Labute approximate surface area is 132 Å². The van der Waals surface area contributed by atoms with Gasteiger partial charge >= 0.3 is 0 Å². The van der Waals surface area contributed by atoms with Crippen molar-refractivity contribution in [2.75, 3.05) is 0 Å². The Morgan fingerprint density at radius 3 is 2.70 bits per heavy atom. The van der Waals surface area contributed by atoms with Gasteiger partial charge in [-0.25, -0.2) is 4.39 Å². The lowest BCUT2D eigenvalue weighted by Crippen LogP contribution is -2.22. The molecule has 0 atom stereocenters. The van der Waals surface area contributed by atoms with Gasteiger partial charge in [-0.15, -0.1) is 0 Å². The number of rotatable bonds is 5. The quantitative estimate of drug-likeness (QED) is 0.753. The summed E-state index contributed by atoms with van der Waals surface area (Å²) in [4.78, 5) is 0.